The Morgan fingerprint density at radius 2 is 1.47 bits per heavy atom. The molecule has 0 bridgehead atoms. The van der Waals surface area contributed by atoms with Crippen LogP contribution in [0.25, 0.3) is 11.1 Å². The first-order valence-electron chi connectivity index (χ1n) is 6.76. The zero-order valence-corrected chi connectivity index (χ0v) is 11.6. The Hall–Kier alpha value is -1.80. The third kappa shape index (κ3) is 3.58. The lowest BCUT2D eigenvalue weighted by molar-refractivity contribution is 0.205. The third-order valence-corrected chi connectivity index (χ3v) is 3.26. The van der Waals surface area contributed by atoms with Crippen LogP contribution in [0, 0.1) is 6.92 Å². The number of nitrogens with two attached hydrogens (primary N) is 1. The summed E-state index contributed by atoms with van der Waals surface area (Å²) in [7, 11) is 0. The van der Waals surface area contributed by atoms with Gasteiger partial charge in [-0.15, -0.1) is 0 Å². The topological polar surface area (TPSA) is 35.2 Å². The van der Waals surface area contributed by atoms with Crippen molar-refractivity contribution in [3.05, 3.63) is 54.1 Å². The SMILES string of the molecule is CCC(CN)Oc1ccc(-c2ccc(C)cc2)cc1. The minimum Gasteiger partial charge on any atom is -0.489 e. The van der Waals surface area contributed by atoms with Crippen molar-refractivity contribution in [2.24, 2.45) is 5.73 Å². The number of ether oxygens (including phenoxy) is 1. The molecule has 2 aromatic carbocycles. The van der Waals surface area contributed by atoms with Crippen LogP contribution in [-0.4, -0.2) is 12.6 Å². The molecule has 0 spiro atoms. The number of hydrogen-bond donors (Lipinski definition) is 1. The molecule has 0 fully saturated rings. The zero-order chi connectivity index (χ0) is 13.7. The van der Waals surface area contributed by atoms with Crippen molar-refractivity contribution in [1.29, 1.82) is 0 Å². The van der Waals surface area contributed by atoms with E-state index in [9.17, 15) is 0 Å². The fourth-order valence-electron chi connectivity index (χ4n) is 1.96. The summed E-state index contributed by atoms with van der Waals surface area (Å²) >= 11 is 0. The molecule has 100 valence electrons. The summed E-state index contributed by atoms with van der Waals surface area (Å²) in [6, 6.07) is 16.7. The average Bonchev–Trinajstić information content (AvgIpc) is 2.46. The molecule has 2 heteroatoms. The molecule has 0 aliphatic heterocycles. The molecule has 2 rings (SSSR count). The first-order valence-corrected chi connectivity index (χ1v) is 6.76. The predicted molar refractivity (Wildman–Crippen MR) is 80.4 cm³/mol. The van der Waals surface area contributed by atoms with E-state index >= 15 is 0 Å². The van der Waals surface area contributed by atoms with Crippen LogP contribution in [-0.2, 0) is 0 Å². The van der Waals surface area contributed by atoms with E-state index in [-0.39, 0.29) is 6.10 Å². The van der Waals surface area contributed by atoms with Crippen molar-refractivity contribution in [2.75, 3.05) is 6.54 Å². The van der Waals surface area contributed by atoms with Gasteiger partial charge < -0.3 is 10.5 Å². The number of hydrogen-bond acceptors (Lipinski definition) is 2. The van der Waals surface area contributed by atoms with E-state index in [2.05, 4.69) is 50.2 Å². The fraction of sp³-hybridized carbons (Fsp3) is 0.294. The fourth-order valence-corrected chi connectivity index (χ4v) is 1.96. The van der Waals surface area contributed by atoms with Crippen molar-refractivity contribution in [2.45, 2.75) is 26.4 Å². The van der Waals surface area contributed by atoms with E-state index in [1.54, 1.807) is 0 Å². The van der Waals surface area contributed by atoms with Gasteiger partial charge in [0.15, 0.2) is 0 Å². The molecular weight excluding hydrogens is 234 g/mol. The van der Waals surface area contributed by atoms with Gasteiger partial charge in [0.1, 0.15) is 11.9 Å². The minimum atomic E-state index is 0.102. The molecule has 2 nitrogen and oxygen atoms in total. The van der Waals surface area contributed by atoms with Gasteiger partial charge in [-0.3, -0.25) is 0 Å². The van der Waals surface area contributed by atoms with Crippen LogP contribution in [0.15, 0.2) is 48.5 Å². The second-order valence-electron chi connectivity index (χ2n) is 4.77. The van der Waals surface area contributed by atoms with Gasteiger partial charge in [-0.05, 0) is 36.6 Å². The van der Waals surface area contributed by atoms with Crippen LogP contribution in [0.5, 0.6) is 5.75 Å². The van der Waals surface area contributed by atoms with Gasteiger partial charge in [0.25, 0.3) is 0 Å². The molecule has 0 aliphatic carbocycles. The van der Waals surface area contributed by atoms with Crippen LogP contribution in [0.4, 0.5) is 0 Å². The van der Waals surface area contributed by atoms with Gasteiger partial charge in [-0.25, -0.2) is 0 Å². The van der Waals surface area contributed by atoms with E-state index in [0.29, 0.717) is 6.54 Å². The van der Waals surface area contributed by atoms with Crippen molar-refractivity contribution in [1.82, 2.24) is 0 Å². The molecule has 0 aromatic heterocycles. The highest BCUT2D eigenvalue weighted by atomic mass is 16.5. The summed E-state index contributed by atoms with van der Waals surface area (Å²) in [5.74, 6) is 0.883. The van der Waals surface area contributed by atoms with Gasteiger partial charge in [0.2, 0.25) is 0 Å². The van der Waals surface area contributed by atoms with Crippen molar-refractivity contribution in [3.8, 4) is 16.9 Å². The normalized spacial score (nSPS) is 12.2. The van der Waals surface area contributed by atoms with E-state index in [1.165, 1.54) is 16.7 Å². The van der Waals surface area contributed by atoms with Crippen molar-refractivity contribution < 1.29 is 4.74 Å². The van der Waals surface area contributed by atoms with E-state index in [4.69, 9.17) is 10.5 Å². The van der Waals surface area contributed by atoms with Crippen LogP contribution >= 0.6 is 0 Å². The smallest absolute Gasteiger partial charge is 0.119 e. The summed E-state index contributed by atoms with van der Waals surface area (Å²) in [5.41, 5.74) is 9.34. The molecule has 0 amide bonds. The van der Waals surface area contributed by atoms with Gasteiger partial charge in [0, 0.05) is 6.54 Å². The van der Waals surface area contributed by atoms with Gasteiger partial charge >= 0.3 is 0 Å². The van der Waals surface area contributed by atoms with Gasteiger partial charge in [0.05, 0.1) is 0 Å². The Balaban J connectivity index is 2.12. The highest BCUT2D eigenvalue weighted by molar-refractivity contribution is 5.64. The maximum absolute atomic E-state index is 5.80. The minimum absolute atomic E-state index is 0.102. The van der Waals surface area contributed by atoms with Crippen molar-refractivity contribution in [3.63, 3.8) is 0 Å². The van der Waals surface area contributed by atoms with E-state index in [0.717, 1.165) is 12.2 Å². The summed E-state index contributed by atoms with van der Waals surface area (Å²) < 4.78 is 5.80. The summed E-state index contributed by atoms with van der Waals surface area (Å²) in [4.78, 5) is 0. The van der Waals surface area contributed by atoms with Crippen LogP contribution < -0.4 is 10.5 Å². The molecule has 2 aromatic rings. The monoisotopic (exact) mass is 255 g/mol. The van der Waals surface area contributed by atoms with Gasteiger partial charge in [-0.2, -0.15) is 0 Å². The first kappa shape index (κ1) is 13.6. The summed E-state index contributed by atoms with van der Waals surface area (Å²) in [6.07, 6.45) is 1.03. The van der Waals surface area contributed by atoms with E-state index < -0.39 is 0 Å². The average molecular weight is 255 g/mol. The Morgan fingerprint density at radius 3 is 1.95 bits per heavy atom. The predicted octanol–water partition coefficient (Wildman–Crippen LogP) is 3.78. The molecule has 2 N–H and O–H groups in total. The molecule has 1 unspecified atom stereocenters. The highest BCUT2D eigenvalue weighted by Crippen LogP contribution is 2.23. The Kier molecular flexibility index (Phi) is 4.58. The summed E-state index contributed by atoms with van der Waals surface area (Å²) in [5, 5.41) is 0. The Morgan fingerprint density at radius 1 is 0.947 bits per heavy atom. The zero-order valence-electron chi connectivity index (χ0n) is 11.6. The Labute approximate surface area is 115 Å². The second-order valence-corrected chi connectivity index (χ2v) is 4.77. The standard InChI is InChI=1S/C17H21NO/c1-3-16(12-18)19-17-10-8-15(9-11-17)14-6-4-13(2)5-7-14/h4-11,16H,3,12,18H2,1-2H3. The largest absolute Gasteiger partial charge is 0.489 e. The molecule has 0 heterocycles. The maximum Gasteiger partial charge on any atom is 0.119 e. The third-order valence-electron chi connectivity index (χ3n) is 3.26. The number of aryl methyl sites for hydroxylation is 1. The first-order chi connectivity index (χ1) is 9.22. The highest BCUT2D eigenvalue weighted by Gasteiger charge is 2.05. The second kappa shape index (κ2) is 6.39. The molecule has 0 radical (unpaired) electrons. The lowest BCUT2D eigenvalue weighted by atomic mass is 10.0. The van der Waals surface area contributed by atoms with Gasteiger partial charge in [-0.1, -0.05) is 48.9 Å². The van der Waals surface area contributed by atoms with Crippen LogP contribution in [0.1, 0.15) is 18.9 Å². The lowest BCUT2D eigenvalue weighted by Gasteiger charge is -2.15. The molecule has 1 atom stereocenters. The summed E-state index contributed by atoms with van der Waals surface area (Å²) in [6.45, 7) is 4.73. The Bertz CT molecular complexity index is 498. The van der Waals surface area contributed by atoms with E-state index in [1.807, 2.05) is 12.1 Å². The van der Waals surface area contributed by atoms with Crippen molar-refractivity contribution >= 4 is 0 Å². The molecule has 19 heavy (non-hydrogen) atoms. The molecule has 0 saturated carbocycles. The molecule has 0 aliphatic rings. The lowest BCUT2D eigenvalue weighted by Crippen LogP contribution is -2.25. The quantitative estimate of drug-likeness (QED) is 0.882. The molecule has 0 saturated heterocycles. The maximum atomic E-state index is 5.80. The number of benzene rings is 2. The molecular formula is C17H21NO. The van der Waals surface area contributed by atoms with Crippen LogP contribution in [0.2, 0.25) is 0 Å². The number of rotatable bonds is 5. The van der Waals surface area contributed by atoms with Crippen LogP contribution in [0.3, 0.4) is 0 Å².